The van der Waals surface area contributed by atoms with E-state index in [2.05, 4.69) is 16.8 Å². The molecular formula is C17H16N4O3S. The first-order valence-corrected chi connectivity index (χ1v) is 8.82. The molecule has 1 aromatic carbocycles. The lowest BCUT2D eigenvalue weighted by molar-refractivity contribution is -0.386. The number of amidine groups is 1. The van der Waals surface area contributed by atoms with Gasteiger partial charge in [-0.2, -0.15) is 0 Å². The van der Waals surface area contributed by atoms with Gasteiger partial charge in [-0.1, -0.05) is 30.8 Å². The fourth-order valence-corrected chi connectivity index (χ4v) is 4.44. The molecule has 0 aliphatic carbocycles. The average molecular weight is 356 g/mol. The summed E-state index contributed by atoms with van der Waals surface area (Å²) < 4.78 is 0. The second-order valence-electron chi connectivity index (χ2n) is 6.14. The summed E-state index contributed by atoms with van der Waals surface area (Å²) in [7, 11) is 0. The van der Waals surface area contributed by atoms with Crippen molar-refractivity contribution in [3.63, 3.8) is 0 Å². The second-order valence-corrected chi connectivity index (χ2v) is 7.55. The molecule has 2 aromatic rings. The molecule has 128 valence electrons. The van der Waals surface area contributed by atoms with Gasteiger partial charge in [0.05, 0.1) is 16.7 Å². The summed E-state index contributed by atoms with van der Waals surface area (Å²) in [6, 6.07) is 9.86. The lowest BCUT2D eigenvalue weighted by atomic mass is 9.96. The molecule has 0 saturated carbocycles. The molecule has 8 heteroatoms. The third kappa shape index (κ3) is 2.72. The van der Waals surface area contributed by atoms with E-state index in [1.54, 1.807) is 24.0 Å². The molecule has 2 aliphatic rings. The van der Waals surface area contributed by atoms with Crippen molar-refractivity contribution in [1.29, 1.82) is 0 Å². The molecule has 25 heavy (non-hydrogen) atoms. The van der Waals surface area contributed by atoms with E-state index < -0.39 is 4.92 Å². The first-order chi connectivity index (χ1) is 12.0. The summed E-state index contributed by atoms with van der Waals surface area (Å²) in [5, 5.41) is 22.3. The number of phenols is 1. The lowest BCUT2D eigenvalue weighted by Crippen LogP contribution is -2.28. The lowest BCUT2D eigenvalue weighted by Gasteiger charge is -2.27. The van der Waals surface area contributed by atoms with Gasteiger partial charge in [-0.15, -0.1) is 0 Å². The topological polar surface area (TPSA) is 91.9 Å². The molecule has 1 N–H and O–H groups in total. The molecule has 1 aromatic heterocycles. The highest BCUT2D eigenvalue weighted by Gasteiger charge is 2.44. The number of aromatic hydroxyl groups is 1. The van der Waals surface area contributed by atoms with E-state index in [1.165, 1.54) is 12.1 Å². The number of hydrogen-bond donors (Lipinski definition) is 1. The standard InChI is InChI=1S/C17H16N4O3S/c1-10-9-20-16(11-5-6-14(22)13(8-11)21(23)24)15(19-17(20)25-10)12-4-2-3-7-18-12/h2-8,10,15-16,22H,9H2,1H3/t10-,15+,16-/m1/s1. The Labute approximate surface area is 148 Å². The summed E-state index contributed by atoms with van der Waals surface area (Å²) >= 11 is 1.71. The number of rotatable bonds is 3. The maximum absolute atomic E-state index is 11.2. The van der Waals surface area contributed by atoms with Gasteiger partial charge in [0.15, 0.2) is 10.9 Å². The first kappa shape index (κ1) is 15.9. The van der Waals surface area contributed by atoms with Gasteiger partial charge in [-0.05, 0) is 23.8 Å². The van der Waals surface area contributed by atoms with Crippen LogP contribution in [-0.4, -0.2) is 36.9 Å². The number of nitro groups is 1. The van der Waals surface area contributed by atoms with Crippen LogP contribution in [0.25, 0.3) is 0 Å². The van der Waals surface area contributed by atoms with Crippen LogP contribution in [0.1, 0.15) is 30.3 Å². The molecule has 1 fully saturated rings. The van der Waals surface area contributed by atoms with Crippen LogP contribution < -0.4 is 0 Å². The number of thioether (sulfide) groups is 1. The van der Waals surface area contributed by atoms with E-state index in [0.29, 0.717) is 5.25 Å². The molecule has 0 radical (unpaired) electrons. The van der Waals surface area contributed by atoms with Crippen LogP contribution in [0.15, 0.2) is 47.6 Å². The zero-order valence-electron chi connectivity index (χ0n) is 13.4. The average Bonchev–Trinajstić information content (AvgIpc) is 3.12. The van der Waals surface area contributed by atoms with Gasteiger partial charge in [0, 0.05) is 24.1 Å². The number of nitrogens with zero attached hydrogens (tertiary/aromatic N) is 4. The van der Waals surface area contributed by atoms with Crippen molar-refractivity contribution in [3.8, 4) is 5.75 Å². The van der Waals surface area contributed by atoms with Gasteiger partial charge in [0.1, 0.15) is 6.04 Å². The Hall–Kier alpha value is -2.61. The van der Waals surface area contributed by atoms with Gasteiger partial charge in [0.25, 0.3) is 0 Å². The van der Waals surface area contributed by atoms with Crippen LogP contribution >= 0.6 is 11.8 Å². The minimum Gasteiger partial charge on any atom is -0.502 e. The summed E-state index contributed by atoms with van der Waals surface area (Å²) in [6.07, 6.45) is 1.73. The Balaban J connectivity index is 1.80. The number of phenolic OH excluding ortho intramolecular Hbond substituents is 1. The first-order valence-electron chi connectivity index (χ1n) is 7.94. The number of benzene rings is 1. The van der Waals surface area contributed by atoms with Crippen molar-refractivity contribution < 1.29 is 10.0 Å². The Morgan fingerprint density at radius 2 is 2.20 bits per heavy atom. The van der Waals surface area contributed by atoms with Crippen molar-refractivity contribution in [2.24, 2.45) is 4.99 Å². The SMILES string of the molecule is C[C@@H]1CN2C(=N[C@@H](c3ccccn3)[C@H]2c2ccc(O)c([N+](=O)[O-])c2)S1. The van der Waals surface area contributed by atoms with E-state index >= 15 is 0 Å². The third-order valence-corrected chi connectivity index (χ3v) is 5.52. The fraction of sp³-hybridized carbons (Fsp3) is 0.294. The molecule has 2 aliphatic heterocycles. The van der Waals surface area contributed by atoms with Crippen molar-refractivity contribution >= 4 is 22.6 Å². The van der Waals surface area contributed by atoms with Crippen molar-refractivity contribution in [2.45, 2.75) is 24.3 Å². The fourth-order valence-electron chi connectivity index (χ4n) is 3.35. The Kier molecular flexibility index (Phi) is 3.84. The molecule has 0 spiro atoms. The molecule has 3 heterocycles. The zero-order valence-corrected chi connectivity index (χ0v) is 14.3. The van der Waals surface area contributed by atoms with Gasteiger partial charge in [0.2, 0.25) is 0 Å². The van der Waals surface area contributed by atoms with Crippen molar-refractivity contribution in [1.82, 2.24) is 9.88 Å². The molecule has 7 nitrogen and oxygen atoms in total. The van der Waals surface area contributed by atoms with E-state index in [0.717, 1.165) is 23.0 Å². The number of pyridine rings is 1. The van der Waals surface area contributed by atoms with Gasteiger partial charge in [-0.25, -0.2) is 0 Å². The van der Waals surface area contributed by atoms with E-state index in [1.807, 2.05) is 18.2 Å². The Bertz CT molecular complexity index is 858. The van der Waals surface area contributed by atoms with E-state index in [-0.39, 0.29) is 23.5 Å². The van der Waals surface area contributed by atoms with Crippen LogP contribution in [-0.2, 0) is 0 Å². The Morgan fingerprint density at radius 3 is 2.92 bits per heavy atom. The molecule has 0 bridgehead atoms. The maximum atomic E-state index is 11.2. The summed E-state index contributed by atoms with van der Waals surface area (Å²) in [4.78, 5) is 22.1. The predicted octanol–water partition coefficient (Wildman–Crippen LogP) is 3.28. The van der Waals surface area contributed by atoms with Crippen LogP contribution in [0.3, 0.4) is 0 Å². The van der Waals surface area contributed by atoms with Crippen molar-refractivity contribution in [2.75, 3.05) is 6.54 Å². The highest BCUT2D eigenvalue weighted by molar-refractivity contribution is 8.14. The van der Waals surface area contributed by atoms with Crippen LogP contribution in [0.4, 0.5) is 5.69 Å². The highest BCUT2D eigenvalue weighted by atomic mass is 32.2. The zero-order chi connectivity index (χ0) is 17.6. The normalized spacial score (nSPS) is 24.9. The monoisotopic (exact) mass is 356 g/mol. The van der Waals surface area contributed by atoms with Crippen molar-refractivity contribution in [3.05, 3.63) is 64.0 Å². The van der Waals surface area contributed by atoms with Gasteiger partial charge >= 0.3 is 5.69 Å². The third-order valence-electron chi connectivity index (χ3n) is 4.42. The minimum absolute atomic E-state index is 0.165. The quantitative estimate of drug-likeness (QED) is 0.670. The smallest absolute Gasteiger partial charge is 0.311 e. The highest BCUT2D eigenvalue weighted by Crippen LogP contribution is 2.48. The predicted molar refractivity (Wildman–Crippen MR) is 95.7 cm³/mol. The van der Waals surface area contributed by atoms with Gasteiger partial charge < -0.3 is 10.0 Å². The van der Waals surface area contributed by atoms with Crippen LogP contribution in [0.2, 0.25) is 0 Å². The Morgan fingerprint density at radius 1 is 1.36 bits per heavy atom. The second kappa shape index (κ2) is 6.03. The van der Waals surface area contributed by atoms with Crippen LogP contribution in [0, 0.1) is 10.1 Å². The number of aliphatic imine (C=N–C) groups is 1. The number of aromatic nitrogens is 1. The molecule has 0 amide bonds. The minimum atomic E-state index is -0.563. The molecule has 3 atom stereocenters. The molecule has 1 saturated heterocycles. The molecular weight excluding hydrogens is 340 g/mol. The molecule has 0 unspecified atom stereocenters. The van der Waals surface area contributed by atoms with Crippen LogP contribution in [0.5, 0.6) is 5.75 Å². The summed E-state index contributed by atoms with van der Waals surface area (Å²) in [5.41, 5.74) is 1.30. The number of nitro benzene ring substituents is 1. The number of fused-ring (bicyclic) bond motifs is 1. The van der Waals surface area contributed by atoms with E-state index in [9.17, 15) is 15.2 Å². The summed E-state index contributed by atoms with van der Waals surface area (Å²) in [6.45, 7) is 2.96. The van der Waals surface area contributed by atoms with E-state index in [4.69, 9.17) is 4.99 Å². The largest absolute Gasteiger partial charge is 0.502 e. The maximum Gasteiger partial charge on any atom is 0.311 e. The molecule has 4 rings (SSSR count). The van der Waals surface area contributed by atoms with Gasteiger partial charge in [-0.3, -0.25) is 20.1 Å². The summed E-state index contributed by atoms with van der Waals surface area (Å²) in [5.74, 6) is -0.327. The number of hydrogen-bond acceptors (Lipinski definition) is 7.